The van der Waals surface area contributed by atoms with Crippen molar-refractivity contribution < 1.29 is 19.4 Å². The number of rotatable bonds is 4. The first kappa shape index (κ1) is 17.9. The largest absolute Gasteiger partial charge is 0.507 e. The molecule has 0 aliphatic carbocycles. The van der Waals surface area contributed by atoms with Crippen LogP contribution in [-0.2, 0) is 9.59 Å². The van der Waals surface area contributed by atoms with E-state index in [2.05, 4.69) is 9.97 Å². The molecule has 8 heteroatoms. The fourth-order valence-electron chi connectivity index (χ4n) is 3.07. The van der Waals surface area contributed by atoms with Gasteiger partial charge in [0.25, 0.3) is 5.78 Å². The lowest BCUT2D eigenvalue weighted by molar-refractivity contribution is -0.132. The molecule has 140 valence electrons. The fourth-order valence-corrected chi connectivity index (χ4v) is 3.90. The number of anilines is 1. The van der Waals surface area contributed by atoms with Crippen LogP contribution in [0.2, 0.25) is 0 Å². The zero-order valence-corrected chi connectivity index (χ0v) is 15.6. The maximum Gasteiger partial charge on any atom is 0.302 e. The molecule has 1 atom stereocenters. The molecule has 4 rings (SSSR count). The van der Waals surface area contributed by atoms with E-state index in [1.807, 2.05) is 11.4 Å². The Kier molecular flexibility index (Phi) is 4.62. The average molecular weight is 393 g/mol. The minimum absolute atomic E-state index is 0.00469. The first-order valence-corrected chi connectivity index (χ1v) is 9.25. The van der Waals surface area contributed by atoms with Crippen LogP contribution in [0.15, 0.2) is 65.8 Å². The van der Waals surface area contributed by atoms with Gasteiger partial charge in [-0.2, -0.15) is 0 Å². The quantitative estimate of drug-likeness (QED) is 0.416. The number of ether oxygens (including phenoxy) is 1. The number of hydrogen-bond acceptors (Lipinski definition) is 7. The molecular formula is C20H15N3O4S. The Morgan fingerprint density at radius 1 is 1.11 bits per heavy atom. The molecule has 1 aliphatic rings. The van der Waals surface area contributed by atoms with Crippen LogP contribution in [0.1, 0.15) is 16.5 Å². The van der Waals surface area contributed by atoms with E-state index in [1.54, 1.807) is 36.4 Å². The van der Waals surface area contributed by atoms with E-state index in [4.69, 9.17) is 4.74 Å². The number of benzene rings is 1. The molecule has 7 nitrogen and oxygen atoms in total. The summed E-state index contributed by atoms with van der Waals surface area (Å²) in [6, 6.07) is 11.1. The Morgan fingerprint density at radius 3 is 2.43 bits per heavy atom. The lowest BCUT2D eigenvalue weighted by atomic mass is 10.00. The number of aromatic nitrogens is 2. The van der Waals surface area contributed by atoms with Gasteiger partial charge in [-0.05, 0) is 41.8 Å². The molecule has 2 aromatic heterocycles. The van der Waals surface area contributed by atoms with Crippen molar-refractivity contribution >= 4 is 34.7 Å². The van der Waals surface area contributed by atoms with Crippen LogP contribution >= 0.6 is 11.3 Å². The molecule has 0 unspecified atom stereocenters. The SMILES string of the molecule is COc1ccc(/C(O)=C2\C(=O)C(=O)N(c3ncccn3)[C@H]2c2cccs2)cc1. The summed E-state index contributed by atoms with van der Waals surface area (Å²) in [6.07, 6.45) is 2.99. The number of aliphatic hydroxyl groups is 1. The summed E-state index contributed by atoms with van der Waals surface area (Å²) < 4.78 is 5.13. The summed E-state index contributed by atoms with van der Waals surface area (Å²) in [5, 5.41) is 12.8. The Morgan fingerprint density at radius 2 is 1.82 bits per heavy atom. The van der Waals surface area contributed by atoms with E-state index in [1.165, 1.54) is 35.7 Å². The van der Waals surface area contributed by atoms with Gasteiger partial charge in [0.2, 0.25) is 5.95 Å². The molecule has 1 amide bonds. The fraction of sp³-hybridized carbons (Fsp3) is 0.100. The van der Waals surface area contributed by atoms with Crippen molar-refractivity contribution in [3.05, 3.63) is 76.3 Å². The Balaban J connectivity index is 1.89. The highest BCUT2D eigenvalue weighted by Gasteiger charge is 2.48. The predicted octanol–water partition coefficient (Wildman–Crippen LogP) is 3.17. The van der Waals surface area contributed by atoms with E-state index < -0.39 is 17.7 Å². The van der Waals surface area contributed by atoms with Crippen LogP contribution in [0, 0.1) is 0 Å². The molecule has 1 N–H and O–H groups in total. The standard InChI is InChI=1S/C20H15N3O4S/c1-27-13-7-5-12(6-8-13)17(24)15-16(14-4-2-11-28-14)23(19(26)18(15)25)20-21-9-3-10-22-20/h2-11,16,24H,1H3/b17-15+/t16-/m0/s1. The maximum atomic E-state index is 12.8. The minimum atomic E-state index is -0.801. The van der Waals surface area contributed by atoms with Gasteiger partial charge in [0.1, 0.15) is 17.6 Å². The summed E-state index contributed by atoms with van der Waals surface area (Å²) >= 11 is 1.38. The van der Waals surface area contributed by atoms with E-state index in [0.29, 0.717) is 11.3 Å². The van der Waals surface area contributed by atoms with Crippen LogP contribution in [-0.4, -0.2) is 33.9 Å². The Hall–Kier alpha value is -3.52. The van der Waals surface area contributed by atoms with Gasteiger partial charge in [0, 0.05) is 22.8 Å². The third kappa shape index (κ3) is 2.93. The lowest BCUT2D eigenvalue weighted by Crippen LogP contribution is -2.30. The zero-order chi connectivity index (χ0) is 19.7. The molecule has 28 heavy (non-hydrogen) atoms. The Labute approximate surface area is 164 Å². The molecule has 1 fully saturated rings. The maximum absolute atomic E-state index is 12.8. The molecular weight excluding hydrogens is 378 g/mol. The molecule has 0 spiro atoms. The van der Waals surface area contributed by atoms with Crippen molar-refractivity contribution in [1.82, 2.24) is 9.97 Å². The van der Waals surface area contributed by atoms with E-state index in [0.717, 1.165) is 4.88 Å². The highest BCUT2D eigenvalue weighted by atomic mass is 32.1. The number of methoxy groups -OCH3 is 1. The van der Waals surface area contributed by atoms with Gasteiger partial charge in [-0.3, -0.25) is 14.5 Å². The smallest absolute Gasteiger partial charge is 0.302 e. The van der Waals surface area contributed by atoms with Crippen LogP contribution in [0.25, 0.3) is 5.76 Å². The van der Waals surface area contributed by atoms with Crippen LogP contribution in [0.4, 0.5) is 5.95 Å². The summed E-state index contributed by atoms with van der Waals surface area (Å²) in [4.78, 5) is 35.8. The number of aliphatic hydroxyl groups excluding tert-OH is 1. The van der Waals surface area contributed by atoms with Crippen LogP contribution in [0.5, 0.6) is 5.75 Å². The van der Waals surface area contributed by atoms with E-state index >= 15 is 0 Å². The van der Waals surface area contributed by atoms with Crippen molar-refractivity contribution in [1.29, 1.82) is 0 Å². The summed E-state index contributed by atoms with van der Waals surface area (Å²) in [7, 11) is 1.54. The van der Waals surface area contributed by atoms with E-state index in [9.17, 15) is 14.7 Å². The number of Topliss-reactive ketones (excluding diaryl/α,β-unsaturated/α-hetero) is 1. The molecule has 0 radical (unpaired) electrons. The van der Waals surface area contributed by atoms with E-state index in [-0.39, 0.29) is 17.3 Å². The normalized spacial score (nSPS) is 18.5. The monoisotopic (exact) mass is 393 g/mol. The molecule has 0 saturated carbocycles. The molecule has 0 bridgehead atoms. The number of carbonyl (C=O) groups excluding carboxylic acids is 2. The predicted molar refractivity (Wildman–Crippen MR) is 104 cm³/mol. The molecule has 1 saturated heterocycles. The van der Waals surface area contributed by atoms with Crippen LogP contribution < -0.4 is 9.64 Å². The number of hydrogen-bond donors (Lipinski definition) is 1. The number of thiophene rings is 1. The zero-order valence-electron chi connectivity index (χ0n) is 14.8. The summed E-state index contributed by atoms with van der Waals surface area (Å²) in [6.45, 7) is 0. The topological polar surface area (TPSA) is 92.6 Å². The first-order chi connectivity index (χ1) is 13.6. The first-order valence-electron chi connectivity index (χ1n) is 8.37. The van der Waals surface area contributed by atoms with Crippen molar-refractivity contribution in [2.75, 3.05) is 12.0 Å². The third-order valence-corrected chi connectivity index (χ3v) is 5.31. The lowest BCUT2D eigenvalue weighted by Gasteiger charge is -2.21. The van der Waals surface area contributed by atoms with Gasteiger partial charge in [-0.25, -0.2) is 9.97 Å². The second-order valence-corrected chi connectivity index (χ2v) is 6.94. The number of nitrogens with zero attached hydrogens (tertiary/aromatic N) is 3. The molecule has 3 aromatic rings. The van der Waals surface area contributed by atoms with Gasteiger partial charge in [0.05, 0.1) is 12.7 Å². The van der Waals surface area contributed by atoms with Gasteiger partial charge < -0.3 is 9.84 Å². The number of amides is 1. The Bertz CT molecular complexity index is 1050. The van der Waals surface area contributed by atoms with Crippen molar-refractivity contribution in [3.63, 3.8) is 0 Å². The highest BCUT2D eigenvalue weighted by molar-refractivity contribution is 7.10. The summed E-state index contributed by atoms with van der Waals surface area (Å²) in [5.41, 5.74) is 0.416. The van der Waals surface area contributed by atoms with Crippen molar-refractivity contribution in [2.45, 2.75) is 6.04 Å². The highest BCUT2D eigenvalue weighted by Crippen LogP contribution is 2.42. The van der Waals surface area contributed by atoms with Crippen molar-refractivity contribution in [3.8, 4) is 5.75 Å². The number of ketones is 1. The second-order valence-electron chi connectivity index (χ2n) is 5.96. The average Bonchev–Trinajstić information content (AvgIpc) is 3.35. The second kappa shape index (κ2) is 7.24. The van der Waals surface area contributed by atoms with Gasteiger partial charge in [0.15, 0.2) is 0 Å². The van der Waals surface area contributed by atoms with Crippen LogP contribution in [0.3, 0.4) is 0 Å². The summed E-state index contributed by atoms with van der Waals surface area (Å²) in [5.74, 6) is -1.09. The third-order valence-electron chi connectivity index (χ3n) is 4.39. The molecule has 1 aliphatic heterocycles. The molecule has 1 aromatic carbocycles. The molecule has 3 heterocycles. The van der Waals surface area contributed by atoms with Gasteiger partial charge >= 0.3 is 5.91 Å². The van der Waals surface area contributed by atoms with Crippen molar-refractivity contribution in [2.24, 2.45) is 0 Å². The number of carbonyl (C=O) groups is 2. The van der Waals surface area contributed by atoms with Gasteiger partial charge in [-0.1, -0.05) is 6.07 Å². The minimum Gasteiger partial charge on any atom is -0.507 e. The van der Waals surface area contributed by atoms with Gasteiger partial charge in [-0.15, -0.1) is 11.3 Å².